The van der Waals surface area contributed by atoms with Crippen LogP contribution in [0.2, 0.25) is 0 Å². The number of carbonyl (C=O) groups excluding carboxylic acids is 3. The van der Waals surface area contributed by atoms with Crippen molar-refractivity contribution in [2.75, 3.05) is 32.7 Å². The first-order chi connectivity index (χ1) is 18.7. The van der Waals surface area contributed by atoms with Crippen molar-refractivity contribution in [3.05, 3.63) is 45.9 Å². The fourth-order valence-corrected chi connectivity index (χ4v) is 4.70. The molecule has 10 nitrogen and oxygen atoms in total. The quantitative estimate of drug-likeness (QED) is 0.443. The van der Waals surface area contributed by atoms with Gasteiger partial charge in [-0.15, -0.1) is 0 Å². The van der Waals surface area contributed by atoms with Crippen LogP contribution in [0.4, 0.5) is 0 Å². The SMILES string of the molecule is CC[C@H](C)[C@@H]1NC(=O)CCCN(CC=C(C)C)CCCNC(=O)c2ccc3[nH]c(=O)n(c3c2)CCCNC1=O. The van der Waals surface area contributed by atoms with E-state index in [0.29, 0.717) is 55.5 Å². The third-order valence-corrected chi connectivity index (χ3v) is 7.28. The number of hydrogen-bond acceptors (Lipinski definition) is 5. The lowest BCUT2D eigenvalue weighted by Gasteiger charge is -2.24. The van der Waals surface area contributed by atoms with Gasteiger partial charge in [0.25, 0.3) is 5.91 Å². The van der Waals surface area contributed by atoms with Crippen LogP contribution in [0, 0.1) is 5.92 Å². The zero-order valence-electron chi connectivity index (χ0n) is 23.8. The van der Waals surface area contributed by atoms with Crippen LogP contribution in [0.15, 0.2) is 34.6 Å². The van der Waals surface area contributed by atoms with Crippen molar-refractivity contribution < 1.29 is 14.4 Å². The van der Waals surface area contributed by atoms with Crippen molar-refractivity contribution in [3.8, 4) is 0 Å². The Kier molecular flexibility index (Phi) is 11.3. The van der Waals surface area contributed by atoms with E-state index in [0.717, 1.165) is 32.5 Å². The molecule has 2 bridgehead atoms. The van der Waals surface area contributed by atoms with Crippen molar-refractivity contribution >= 4 is 28.8 Å². The molecule has 3 amide bonds. The summed E-state index contributed by atoms with van der Waals surface area (Å²) in [4.78, 5) is 56.3. The van der Waals surface area contributed by atoms with Crippen molar-refractivity contribution in [3.63, 3.8) is 0 Å². The number of benzene rings is 1. The third kappa shape index (κ3) is 8.81. The Morgan fingerprint density at radius 3 is 2.49 bits per heavy atom. The van der Waals surface area contributed by atoms with Crippen LogP contribution >= 0.6 is 0 Å². The summed E-state index contributed by atoms with van der Waals surface area (Å²) in [5.41, 5.74) is 2.78. The van der Waals surface area contributed by atoms with Gasteiger partial charge in [0.05, 0.1) is 11.0 Å². The van der Waals surface area contributed by atoms with E-state index < -0.39 is 6.04 Å². The van der Waals surface area contributed by atoms with E-state index in [4.69, 9.17) is 0 Å². The van der Waals surface area contributed by atoms with E-state index in [1.54, 1.807) is 22.8 Å². The lowest BCUT2D eigenvalue weighted by Crippen LogP contribution is -2.50. The number of fused-ring (bicyclic) bond motifs is 1. The maximum absolute atomic E-state index is 13.0. The number of carbonyl (C=O) groups is 3. The maximum atomic E-state index is 13.0. The topological polar surface area (TPSA) is 128 Å². The normalized spacial score (nSPS) is 20.0. The summed E-state index contributed by atoms with van der Waals surface area (Å²) < 4.78 is 1.59. The average molecular weight is 541 g/mol. The minimum absolute atomic E-state index is 0.00980. The summed E-state index contributed by atoms with van der Waals surface area (Å²) in [6, 6.07) is 4.60. The molecule has 0 fully saturated rings. The molecule has 3 rings (SSSR count). The van der Waals surface area contributed by atoms with Gasteiger partial charge in [0.2, 0.25) is 11.8 Å². The van der Waals surface area contributed by atoms with E-state index >= 15 is 0 Å². The van der Waals surface area contributed by atoms with E-state index in [2.05, 4.69) is 45.8 Å². The molecule has 0 radical (unpaired) electrons. The fourth-order valence-electron chi connectivity index (χ4n) is 4.70. The molecule has 1 aromatic heterocycles. The fraction of sp³-hybridized carbons (Fsp3) is 0.586. The van der Waals surface area contributed by atoms with Gasteiger partial charge in [-0.2, -0.15) is 0 Å². The van der Waals surface area contributed by atoms with Crippen molar-refractivity contribution in [2.45, 2.75) is 72.4 Å². The standard InChI is InChI=1S/C29H44N6O4/c1-5-21(4)26-28(38)31-14-8-17-35-24-19-22(10-11-23(24)32-29(35)39)27(37)30-13-7-16-34(18-12-20(2)3)15-6-9-25(36)33-26/h10-12,19,21,26H,5-9,13-18H2,1-4H3,(H,30,37)(H,31,38)(H,32,39)(H,33,36)/t21-,26-/m0/s1. The number of aromatic nitrogens is 2. The van der Waals surface area contributed by atoms with Gasteiger partial charge in [-0.05, 0) is 63.8 Å². The molecular formula is C29H44N6O4. The number of nitrogens with zero attached hydrogens (tertiary/aromatic N) is 2. The Morgan fingerprint density at radius 2 is 1.74 bits per heavy atom. The van der Waals surface area contributed by atoms with Crippen LogP contribution in [0.3, 0.4) is 0 Å². The van der Waals surface area contributed by atoms with Crippen LogP contribution < -0.4 is 21.6 Å². The van der Waals surface area contributed by atoms with Gasteiger partial charge in [0.15, 0.2) is 0 Å². The van der Waals surface area contributed by atoms with E-state index in [-0.39, 0.29) is 29.3 Å². The molecule has 2 atom stereocenters. The molecule has 0 saturated heterocycles. The van der Waals surface area contributed by atoms with Crippen molar-refractivity contribution in [1.29, 1.82) is 0 Å². The Labute approximate surface area is 230 Å². The summed E-state index contributed by atoms with van der Waals surface area (Å²) in [7, 11) is 0. The van der Waals surface area contributed by atoms with E-state index in [9.17, 15) is 19.2 Å². The Morgan fingerprint density at radius 1 is 1.03 bits per heavy atom. The second-order valence-electron chi connectivity index (χ2n) is 10.7. The van der Waals surface area contributed by atoms with E-state index in [1.165, 1.54) is 5.57 Å². The number of rotatable bonds is 4. The second-order valence-corrected chi connectivity index (χ2v) is 10.7. The number of allylic oxidation sites excluding steroid dienone is 1. The molecule has 2 aromatic rings. The monoisotopic (exact) mass is 540 g/mol. The first kappa shape index (κ1) is 30.1. The zero-order valence-corrected chi connectivity index (χ0v) is 23.8. The second kappa shape index (κ2) is 14.7. The summed E-state index contributed by atoms with van der Waals surface area (Å²) in [6.07, 6.45) is 5.23. The molecule has 39 heavy (non-hydrogen) atoms. The number of aryl methyl sites for hydroxylation is 1. The highest BCUT2D eigenvalue weighted by Gasteiger charge is 2.25. The number of H-pyrrole nitrogens is 1. The molecule has 1 aliphatic heterocycles. The van der Waals surface area contributed by atoms with Crippen LogP contribution in [0.1, 0.15) is 70.2 Å². The first-order valence-electron chi connectivity index (χ1n) is 14.1. The highest BCUT2D eigenvalue weighted by Crippen LogP contribution is 2.14. The molecule has 4 N–H and O–H groups in total. The Hall–Kier alpha value is -3.40. The predicted octanol–water partition coefficient (Wildman–Crippen LogP) is 2.55. The largest absolute Gasteiger partial charge is 0.354 e. The lowest BCUT2D eigenvalue weighted by molar-refractivity contribution is -0.130. The smallest absolute Gasteiger partial charge is 0.326 e. The summed E-state index contributed by atoms with van der Waals surface area (Å²) in [5.74, 6) is -0.529. The summed E-state index contributed by atoms with van der Waals surface area (Å²) in [6.45, 7) is 11.6. The lowest BCUT2D eigenvalue weighted by atomic mass is 9.98. The van der Waals surface area contributed by atoms with Crippen LogP contribution in [-0.4, -0.2) is 70.9 Å². The third-order valence-electron chi connectivity index (χ3n) is 7.28. The van der Waals surface area contributed by atoms with Gasteiger partial charge in [0.1, 0.15) is 6.04 Å². The Bertz CT molecular complexity index is 1230. The highest BCUT2D eigenvalue weighted by molar-refractivity contribution is 5.97. The van der Waals surface area contributed by atoms with E-state index in [1.807, 2.05) is 13.8 Å². The van der Waals surface area contributed by atoms with Gasteiger partial charge in [-0.3, -0.25) is 23.9 Å². The van der Waals surface area contributed by atoms with Crippen LogP contribution in [0.5, 0.6) is 0 Å². The van der Waals surface area contributed by atoms with Crippen molar-refractivity contribution in [1.82, 2.24) is 30.4 Å². The molecule has 0 spiro atoms. The molecule has 0 aliphatic carbocycles. The average Bonchev–Trinajstić information content (AvgIpc) is 3.22. The molecule has 1 aliphatic rings. The molecular weight excluding hydrogens is 496 g/mol. The summed E-state index contributed by atoms with van der Waals surface area (Å²) in [5, 5.41) is 8.88. The molecule has 10 heteroatoms. The van der Waals surface area contributed by atoms with Gasteiger partial charge < -0.3 is 20.9 Å². The van der Waals surface area contributed by atoms with Crippen LogP contribution in [0.25, 0.3) is 11.0 Å². The molecule has 2 heterocycles. The van der Waals surface area contributed by atoms with Gasteiger partial charge in [0, 0.05) is 44.7 Å². The molecule has 0 saturated carbocycles. The number of imidazole rings is 1. The van der Waals surface area contributed by atoms with Gasteiger partial charge in [-0.1, -0.05) is 31.9 Å². The highest BCUT2D eigenvalue weighted by atomic mass is 16.2. The molecule has 214 valence electrons. The minimum Gasteiger partial charge on any atom is -0.354 e. The number of nitrogens with one attached hydrogen (secondary N) is 4. The number of aromatic amines is 1. The van der Waals surface area contributed by atoms with Gasteiger partial charge >= 0.3 is 5.69 Å². The zero-order chi connectivity index (χ0) is 28.4. The first-order valence-corrected chi connectivity index (χ1v) is 14.1. The van der Waals surface area contributed by atoms with Crippen molar-refractivity contribution in [2.24, 2.45) is 5.92 Å². The van der Waals surface area contributed by atoms with Crippen LogP contribution in [-0.2, 0) is 16.1 Å². The molecule has 0 unspecified atom stereocenters. The maximum Gasteiger partial charge on any atom is 0.326 e. The minimum atomic E-state index is -0.603. The summed E-state index contributed by atoms with van der Waals surface area (Å²) >= 11 is 0. The number of amides is 3. The molecule has 1 aromatic carbocycles. The van der Waals surface area contributed by atoms with Gasteiger partial charge in [-0.25, -0.2) is 4.79 Å². The predicted molar refractivity (Wildman–Crippen MR) is 154 cm³/mol. The Balaban J connectivity index is 1.80. The number of hydrogen-bond donors (Lipinski definition) is 4.